The Kier molecular flexibility index (Phi) is 6.14. The van der Waals surface area contributed by atoms with Crippen LogP contribution in [0.1, 0.15) is 24.8 Å². The average molecular weight is 284 g/mol. The third kappa shape index (κ3) is 4.34. The van der Waals surface area contributed by atoms with Crippen LogP contribution in [0.5, 0.6) is 0 Å². The molecule has 16 heavy (non-hydrogen) atoms. The highest BCUT2D eigenvalue weighted by Gasteiger charge is 2.03. The van der Waals surface area contributed by atoms with Gasteiger partial charge in [-0.25, -0.2) is 4.39 Å². The third-order valence-corrected chi connectivity index (χ3v) is 3.16. The molecule has 0 spiro atoms. The summed E-state index contributed by atoms with van der Waals surface area (Å²) in [7, 11) is 0. The van der Waals surface area contributed by atoms with Gasteiger partial charge >= 0.3 is 0 Å². The van der Waals surface area contributed by atoms with Gasteiger partial charge in [0, 0.05) is 13.0 Å². The maximum absolute atomic E-state index is 13.2. The zero-order valence-electron chi connectivity index (χ0n) is 9.10. The molecule has 86 valence electrons. The molecule has 1 N–H and O–H groups in total. The normalized spacial score (nSPS) is 10.1. The molecule has 0 aromatic heterocycles. The van der Waals surface area contributed by atoms with Crippen LogP contribution in [0.2, 0.25) is 0 Å². The smallest absolute Gasteiger partial charge is 0.137 e. The predicted octanol–water partition coefficient (Wildman–Crippen LogP) is 3.48. The van der Waals surface area contributed by atoms with Crippen LogP contribution < -0.4 is 5.32 Å². The van der Waals surface area contributed by atoms with Gasteiger partial charge in [0.15, 0.2) is 0 Å². The first-order chi connectivity index (χ1) is 7.75. The third-order valence-electron chi connectivity index (χ3n) is 2.27. The van der Waals surface area contributed by atoms with Crippen molar-refractivity contribution >= 4 is 15.9 Å². The molecular formula is C13H15BrFN. The molecule has 0 heterocycles. The van der Waals surface area contributed by atoms with Crippen LogP contribution in [0.3, 0.4) is 0 Å². The summed E-state index contributed by atoms with van der Waals surface area (Å²) in [5, 5.41) is 3.26. The van der Waals surface area contributed by atoms with Gasteiger partial charge in [-0.2, -0.15) is 0 Å². The lowest BCUT2D eigenvalue weighted by Crippen LogP contribution is -2.15. The first-order valence-corrected chi connectivity index (χ1v) is 6.12. The molecule has 0 bridgehead atoms. The molecule has 0 radical (unpaired) electrons. The number of hydrogen-bond donors (Lipinski definition) is 1. The van der Waals surface area contributed by atoms with Crippen molar-refractivity contribution in [1.29, 1.82) is 0 Å². The highest BCUT2D eigenvalue weighted by atomic mass is 79.9. The maximum Gasteiger partial charge on any atom is 0.137 e. The van der Waals surface area contributed by atoms with Crippen LogP contribution in [0.15, 0.2) is 22.7 Å². The summed E-state index contributed by atoms with van der Waals surface area (Å²) >= 11 is 3.23. The summed E-state index contributed by atoms with van der Waals surface area (Å²) in [5.41, 5.74) is 0.942. The molecule has 1 aromatic rings. The fourth-order valence-corrected chi connectivity index (χ4v) is 1.79. The number of rotatable bonds is 6. The van der Waals surface area contributed by atoms with Crippen LogP contribution in [0.4, 0.5) is 4.39 Å². The van der Waals surface area contributed by atoms with Crippen LogP contribution in [0.25, 0.3) is 0 Å². The molecule has 1 nitrogen and oxygen atoms in total. The van der Waals surface area contributed by atoms with E-state index in [4.69, 9.17) is 6.42 Å². The minimum Gasteiger partial charge on any atom is -0.313 e. The first kappa shape index (κ1) is 13.2. The van der Waals surface area contributed by atoms with Crippen molar-refractivity contribution in [3.05, 3.63) is 34.1 Å². The van der Waals surface area contributed by atoms with Crippen LogP contribution in [-0.4, -0.2) is 6.54 Å². The Labute approximate surface area is 105 Å². The van der Waals surface area contributed by atoms with Gasteiger partial charge < -0.3 is 5.32 Å². The lowest BCUT2D eigenvalue weighted by atomic mass is 10.2. The molecule has 0 aliphatic rings. The number of benzene rings is 1. The quantitative estimate of drug-likeness (QED) is 0.623. The molecular weight excluding hydrogens is 269 g/mol. The summed E-state index contributed by atoms with van der Waals surface area (Å²) in [4.78, 5) is 0. The molecule has 0 aliphatic carbocycles. The Balaban J connectivity index is 2.27. The largest absolute Gasteiger partial charge is 0.313 e. The van der Waals surface area contributed by atoms with Crippen molar-refractivity contribution in [3.8, 4) is 12.3 Å². The van der Waals surface area contributed by atoms with Crippen molar-refractivity contribution in [3.63, 3.8) is 0 Å². The zero-order chi connectivity index (χ0) is 11.8. The number of hydrogen-bond acceptors (Lipinski definition) is 1. The summed E-state index contributed by atoms with van der Waals surface area (Å²) < 4.78 is 13.7. The van der Waals surface area contributed by atoms with Crippen LogP contribution in [-0.2, 0) is 6.54 Å². The van der Waals surface area contributed by atoms with Crippen molar-refractivity contribution < 1.29 is 4.39 Å². The molecule has 0 amide bonds. The second-order valence-corrected chi connectivity index (χ2v) is 4.34. The summed E-state index contributed by atoms with van der Waals surface area (Å²) in [6, 6.07) is 5.07. The average Bonchev–Trinajstić information content (AvgIpc) is 2.29. The molecule has 0 saturated heterocycles. The van der Waals surface area contributed by atoms with Gasteiger partial charge in [-0.15, -0.1) is 12.3 Å². The zero-order valence-corrected chi connectivity index (χ0v) is 10.7. The van der Waals surface area contributed by atoms with Gasteiger partial charge in [0.2, 0.25) is 0 Å². The van der Waals surface area contributed by atoms with E-state index in [1.807, 2.05) is 6.07 Å². The monoisotopic (exact) mass is 283 g/mol. The number of halogens is 2. The van der Waals surface area contributed by atoms with E-state index in [1.54, 1.807) is 6.07 Å². The standard InChI is InChI=1S/C13H15BrFN/c1-2-3-4-5-9-16-10-11-7-6-8-12(15)13(11)14/h1,6-8,16H,3-5,9-10H2. The highest BCUT2D eigenvalue weighted by molar-refractivity contribution is 9.10. The van der Waals surface area contributed by atoms with E-state index in [0.717, 1.165) is 31.4 Å². The van der Waals surface area contributed by atoms with E-state index >= 15 is 0 Å². The van der Waals surface area contributed by atoms with Crippen molar-refractivity contribution in [2.75, 3.05) is 6.54 Å². The SMILES string of the molecule is C#CCCCCNCc1cccc(F)c1Br. The van der Waals surface area contributed by atoms with Gasteiger partial charge in [0.25, 0.3) is 0 Å². The van der Waals surface area contributed by atoms with Gasteiger partial charge in [0.1, 0.15) is 5.82 Å². The summed E-state index contributed by atoms with van der Waals surface area (Å²) in [5.74, 6) is 2.39. The molecule has 0 saturated carbocycles. The predicted molar refractivity (Wildman–Crippen MR) is 68.5 cm³/mol. The lowest BCUT2D eigenvalue weighted by molar-refractivity contribution is 0.604. The maximum atomic E-state index is 13.2. The highest BCUT2D eigenvalue weighted by Crippen LogP contribution is 2.19. The second-order valence-electron chi connectivity index (χ2n) is 3.55. The lowest BCUT2D eigenvalue weighted by Gasteiger charge is -2.06. The Morgan fingerprint density at radius 2 is 2.19 bits per heavy atom. The van der Waals surface area contributed by atoms with E-state index in [1.165, 1.54) is 6.07 Å². The molecule has 1 rings (SSSR count). The fraction of sp³-hybridized carbons (Fsp3) is 0.385. The molecule has 1 aromatic carbocycles. The van der Waals surface area contributed by atoms with E-state index in [-0.39, 0.29) is 5.82 Å². The number of terminal acetylenes is 1. The molecule has 0 atom stereocenters. The molecule has 3 heteroatoms. The van der Waals surface area contributed by atoms with E-state index < -0.39 is 0 Å². The molecule has 0 unspecified atom stereocenters. The van der Waals surface area contributed by atoms with Gasteiger partial charge in [0.05, 0.1) is 4.47 Å². The molecule has 0 fully saturated rings. The topological polar surface area (TPSA) is 12.0 Å². The van der Waals surface area contributed by atoms with Crippen molar-refractivity contribution in [1.82, 2.24) is 5.32 Å². The Bertz CT molecular complexity index is 371. The number of nitrogens with one attached hydrogen (secondary N) is 1. The van der Waals surface area contributed by atoms with Crippen molar-refractivity contribution in [2.45, 2.75) is 25.8 Å². The Morgan fingerprint density at radius 1 is 1.38 bits per heavy atom. The van der Waals surface area contributed by atoms with E-state index in [2.05, 4.69) is 27.2 Å². The van der Waals surface area contributed by atoms with Gasteiger partial charge in [-0.1, -0.05) is 12.1 Å². The summed E-state index contributed by atoms with van der Waals surface area (Å²) in [6.45, 7) is 1.58. The molecule has 0 aliphatic heterocycles. The van der Waals surface area contributed by atoms with Gasteiger partial charge in [-0.3, -0.25) is 0 Å². The van der Waals surface area contributed by atoms with Crippen LogP contribution >= 0.6 is 15.9 Å². The van der Waals surface area contributed by atoms with Crippen molar-refractivity contribution in [2.24, 2.45) is 0 Å². The second kappa shape index (κ2) is 7.43. The first-order valence-electron chi connectivity index (χ1n) is 5.32. The van der Waals surface area contributed by atoms with Gasteiger partial charge in [-0.05, 0) is 46.9 Å². The van der Waals surface area contributed by atoms with E-state index in [9.17, 15) is 4.39 Å². The summed E-state index contributed by atoms with van der Waals surface area (Å²) in [6.07, 6.45) is 8.07. The van der Waals surface area contributed by atoms with Crippen LogP contribution in [0, 0.1) is 18.2 Å². The Hall–Kier alpha value is -0.850. The minimum atomic E-state index is -0.216. The minimum absolute atomic E-state index is 0.216. The van der Waals surface area contributed by atoms with E-state index in [0.29, 0.717) is 11.0 Å². The fourth-order valence-electron chi connectivity index (χ4n) is 1.39. The number of unbranched alkanes of at least 4 members (excludes halogenated alkanes) is 2. The Morgan fingerprint density at radius 3 is 2.94 bits per heavy atom.